The molecule has 4 nitrogen and oxygen atoms in total. The number of nitrogens with zero attached hydrogens (tertiary/aromatic N) is 1. The van der Waals surface area contributed by atoms with E-state index >= 15 is 0 Å². The van der Waals surface area contributed by atoms with Crippen molar-refractivity contribution in [2.24, 2.45) is 5.92 Å². The number of hydrogen-bond acceptors (Lipinski definition) is 3. The largest absolute Gasteiger partial charge is 0.394 e. The Balaban J connectivity index is 1.77. The molecule has 17 heavy (non-hydrogen) atoms. The minimum atomic E-state index is 0.0556. The molecule has 0 spiro atoms. The van der Waals surface area contributed by atoms with E-state index in [9.17, 15) is 4.79 Å². The van der Waals surface area contributed by atoms with Gasteiger partial charge in [0, 0.05) is 18.5 Å². The second kappa shape index (κ2) is 6.36. The van der Waals surface area contributed by atoms with Crippen molar-refractivity contribution in [2.45, 2.75) is 44.6 Å². The Bertz CT molecular complexity index is 249. The Morgan fingerprint density at radius 1 is 1.18 bits per heavy atom. The molecule has 0 radical (unpaired) electrons. The third-order valence-corrected chi connectivity index (χ3v) is 3.97. The van der Waals surface area contributed by atoms with Gasteiger partial charge in [0.05, 0.1) is 19.8 Å². The zero-order valence-electron chi connectivity index (χ0n) is 10.4. The molecule has 0 aromatic rings. The lowest BCUT2D eigenvalue weighted by Crippen LogP contribution is -2.49. The van der Waals surface area contributed by atoms with Crippen molar-refractivity contribution in [1.29, 1.82) is 0 Å². The van der Waals surface area contributed by atoms with Crippen LogP contribution >= 0.6 is 0 Å². The fraction of sp³-hybridized carbons (Fsp3) is 0.923. The topological polar surface area (TPSA) is 49.8 Å². The maximum Gasteiger partial charge on any atom is 0.226 e. The number of carbonyl (C=O) groups is 1. The monoisotopic (exact) mass is 241 g/mol. The third-order valence-electron chi connectivity index (χ3n) is 3.97. The van der Waals surface area contributed by atoms with Crippen molar-refractivity contribution in [3.63, 3.8) is 0 Å². The molecule has 98 valence electrons. The minimum absolute atomic E-state index is 0.0556. The van der Waals surface area contributed by atoms with Crippen LogP contribution in [0.5, 0.6) is 0 Å². The summed E-state index contributed by atoms with van der Waals surface area (Å²) in [5, 5.41) is 8.64. The molecule has 1 N–H and O–H groups in total. The molecule has 0 saturated heterocycles. The first-order chi connectivity index (χ1) is 8.33. The molecule has 0 unspecified atom stereocenters. The zero-order valence-corrected chi connectivity index (χ0v) is 10.4. The van der Waals surface area contributed by atoms with Gasteiger partial charge in [-0.25, -0.2) is 0 Å². The molecule has 2 aliphatic carbocycles. The summed E-state index contributed by atoms with van der Waals surface area (Å²) in [5.74, 6) is 0.627. The molecule has 2 aliphatic rings. The van der Waals surface area contributed by atoms with E-state index in [-0.39, 0.29) is 12.5 Å². The van der Waals surface area contributed by atoms with Crippen molar-refractivity contribution < 1.29 is 14.6 Å². The Morgan fingerprint density at radius 2 is 1.88 bits per heavy atom. The van der Waals surface area contributed by atoms with E-state index in [1.165, 1.54) is 12.8 Å². The maximum atomic E-state index is 12.2. The van der Waals surface area contributed by atoms with Gasteiger partial charge in [0.15, 0.2) is 0 Å². The average molecular weight is 241 g/mol. The molecule has 0 atom stereocenters. The molecule has 0 aliphatic heterocycles. The highest BCUT2D eigenvalue weighted by Crippen LogP contribution is 2.32. The molecule has 1 amide bonds. The summed E-state index contributed by atoms with van der Waals surface area (Å²) in [5.41, 5.74) is 0. The molecule has 2 rings (SSSR count). The minimum Gasteiger partial charge on any atom is -0.394 e. The van der Waals surface area contributed by atoms with E-state index in [1.54, 1.807) is 0 Å². The molecule has 4 heteroatoms. The van der Waals surface area contributed by atoms with Crippen LogP contribution in [0.15, 0.2) is 0 Å². The highest BCUT2D eigenvalue weighted by molar-refractivity contribution is 5.80. The van der Waals surface area contributed by atoms with Crippen molar-refractivity contribution in [3.8, 4) is 0 Å². The number of aliphatic hydroxyl groups excluding tert-OH is 1. The SMILES string of the molecule is O=C(C1CCC1)N(CCOCCO)C1CCC1. The van der Waals surface area contributed by atoms with Crippen LogP contribution in [0.4, 0.5) is 0 Å². The maximum absolute atomic E-state index is 12.2. The van der Waals surface area contributed by atoms with Crippen LogP contribution in [-0.2, 0) is 9.53 Å². The first kappa shape index (κ1) is 12.8. The summed E-state index contributed by atoms with van der Waals surface area (Å²) >= 11 is 0. The second-order valence-corrected chi connectivity index (χ2v) is 5.08. The Hall–Kier alpha value is -0.610. The van der Waals surface area contributed by atoms with Gasteiger partial charge >= 0.3 is 0 Å². The molecule has 0 heterocycles. The molecule has 2 saturated carbocycles. The summed E-state index contributed by atoms with van der Waals surface area (Å²) < 4.78 is 5.27. The van der Waals surface area contributed by atoms with E-state index in [2.05, 4.69) is 0 Å². The third kappa shape index (κ3) is 3.19. The van der Waals surface area contributed by atoms with Crippen LogP contribution in [0.2, 0.25) is 0 Å². The van der Waals surface area contributed by atoms with Gasteiger partial charge in [-0.1, -0.05) is 6.42 Å². The van der Waals surface area contributed by atoms with Gasteiger partial charge in [-0.05, 0) is 32.1 Å². The molecular formula is C13H23NO3. The highest BCUT2D eigenvalue weighted by atomic mass is 16.5. The second-order valence-electron chi connectivity index (χ2n) is 5.08. The van der Waals surface area contributed by atoms with Gasteiger partial charge in [0.2, 0.25) is 5.91 Å². The van der Waals surface area contributed by atoms with E-state index < -0.39 is 0 Å². The van der Waals surface area contributed by atoms with Crippen LogP contribution in [-0.4, -0.2) is 48.3 Å². The fourth-order valence-corrected chi connectivity index (χ4v) is 2.39. The average Bonchev–Trinajstić information content (AvgIpc) is 2.17. The standard InChI is InChI=1S/C13H23NO3/c15-8-10-17-9-7-14(12-5-2-6-12)13(16)11-3-1-4-11/h11-12,15H,1-10H2. The fourth-order valence-electron chi connectivity index (χ4n) is 2.39. The Morgan fingerprint density at radius 3 is 2.35 bits per heavy atom. The summed E-state index contributed by atoms with van der Waals surface area (Å²) in [6.45, 7) is 1.67. The van der Waals surface area contributed by atoms with Gasteiger partial charge in [0.25, 0.3) is 0 Å². The van der Waals surface area contributed by atoms with Crippen LogP contribution in [0.3, 0.4) is 0 Å². The molecule has 2 fully saturated rings. The van der Waals surface area contributed by atoms with E-state index in [1.807, 2.05) is 4.90 Å². The van der Waals surface area contributed by atoms with Gasteiger partial charge in [-0.15, -0.1) is 0 Å². The smallest absolute Gasteiger partial charge is 0.226 e. The van der Waals surface area contributed by atoms with Gasteiger partial charge in [-0.3, -0.25) is 4.79 Å². The zero-order chi connectivity index (χ0) is 12.1. The lowest BCUT2D eigenvalue weighted by Gasteiger charge is -2.41. The number of hydrogen-bond donors (Lipinski definition) is 1. The van der Waals surface area contributed by atoms with E-state index in [4.69, 9.17) is 9.84 Å². The molecule has 0 aromatic carbocycles. The van der Waals surface area contributed by atoms with Crippen LogP contribution < -0.4 is 0 Å². The molecular weight excluding hydrogens is 218 g/mol. The summed E-state index contributed by atoms with van der Waals surface area (Å²) in [6, 6.07) is 0.459. The summed E-state index contributed by atoms with van der Waals surface area (Å²) in [7, 11) is 0. The van der Waals surface area contributed by atoms with Gasteiger partial charge < -0.3 is 14.7 Å². The van der Waals surface area contributed by atoms with Crippen LogP contribution in [0.25, 0.3) is 0 Å². The number of aliphatic hydroxyl groups is 1. The van der Waals surface area contributed by atoms with Crippen LogP contribution in [0, 0.1) is 5.92 Å². The van der Waals surface area contributed by atoms with Crippen LogP contribution in [0.1, 0.15) is 38.5 Å². The summed E-state index contributed by atoms with van der Waals surface area (Å²) in [4.78, 5) is 14.3. The van der Waals surface area contributed by atoms with E-state index in [0.717, 1.165) is 25.7 Å². The number of carbonyl (C=O) groups excluding carboxylic acids is 1. The van der Waals surface area contributed by atoms with Gasteiger partial charge in [0.1, 0.15) is 0 Å². The number of amides is 1. The normalized spacial score (nSPS) is 20.8. The lowest BCUT2D eigenvalue weighted by atomic mass is 9.82. The highest BCUT2D eigenvalue weighted by Gasteiger charge is 2.34. The predicted molar refractivity (Wildman–Crippen MR) is 64.6 cm³/mol. The quantitative estimate of drug-likeness (QED) is 0.681. The molecule has 0 aromatic heterocycles. The van der Waals surface area contributed by atoms with Crippen molar-refractivity contribution >= 4 is 5.91 Å². The summed E-state index contributed by atoms with van der Waals surface area (Å²) in [6.07, 6.45) is 6.89. The lowest BCUT2D eigenvalue weighted by molar-refractivity contribution is -0.143. The van der Waals surface area contributed by atoms with Crippen molar-refractivity contribution in [1.82, 2.24) is 4.90 Å². The predicted octanol–water partition coefficient (Wildman–Crippen LogP) is 1.18. The van der Waals surface area contributed by atoms with Crippen molar-refractivity contribution in [2.75, 3.05) is 26.4 Å². The molecule has 0 bridgehead atoms. The van der Waals surface area contributed by atoms with Gasteiger partial charge in [-0.2, -0.15) is 0 Å². The Labute approximate surface area is 103 Å². The number of ether oxygens (including phenoxy) is 1. The van der Waals surface area contributed by atoms with E-state index in [0.29, 0.717) is 31.7 Å². The Kier molecular flexibility index (Phi) is 4.80. The first-order valence-corrected chi connectivity index (χ1v) is 6.82. The number of rotatable bonds is 7. The van der Waals surface area contributed by atoms with Crippen molar-refractivity contribution in [3.05, 3.63) is 0 Å². The first-order valence-electron chi connectivity index (χ1n) is 6.82.